The summed E-state index contributed by atoms with van der Waals surface area (Å²) in [7, 11) is 0. The maximum Gasteiger partial charge on any atom is 0.333 e. The Bertz CT molecular complexity index is 1940. The van der Waals surface area contributed by atoms with Crippen LogP contribution in [0.15, 0.2) is 54.7 Å². The number of carbonyl (C=O) groups is 6. The average molecular weight is 856 g/mol. The zero-order valence-corrected chi connectivity index (χ0v) is 35.6. The largest absolute Gasteiger partial charge is 0.394 e. The normalized spacial score (nSPS) is 14.2. The molecule has 4 rings (SSSR count). The lowest BCUT2D eigenvalue weighted by atomic mass is 9.86. The maximum absolute atomic E-state index is 14.9. The number of imidazole rings is 1. The van der Waals surface area contributed by atoms with Gasteiger partial charge >= 0.3 is 5.97 Å². The first kappa shape index (κ1) is 49.8. The number of hydroxylamine groups is 2. The van der Waals surface area contributed by atoms with Crippen molar-refractivity contribution in [2.45, 2.75) is 105 Å². The van der Waals surface area contributed by atoms with E-state index >= 15 is 0 Å². The van der Waals surface area contributed by atoms with Crippen molar-refractivity contribution in [3.8, 4) is 11.3 Å². The average Bonchev–Trinajstić information content (AvgIpc) is 3.76. The minimum absolute atomic E-state index is 0.0261. The topological polar surface area (TPSA) is 221 Å². The Kier molecular flexibility index (Phi) is 19.6. The zero-order chi connectivity index (χ0) is 45.3. The molecule has 3 atom stereocenters. The lowest BCUT2D eigenvalue weighted by Crippen LogP contribution is -2.54. The van der Waals surface area contributed by atoms with Gasteiger partial charge in [0.1, 0.15) is 29.5 Å². The van der Waals surface area contributed by atoms with E-state index in [4.69, 9.17) is 20.0 Å². The Morgan fingerprint density at radius 1 is 0.869 bits per heavy atom. The van der Waals surface area contributed by atoms with Crippen LogP contribution in [0, 0.1) is 23.0 Å². The molecule has 5 amide bonds. The van der Waals surface area contributed by atoms with Gasteiger partial charge in [0.2, 0.25) is 17.7 Å². The van der Waals surface area contributed by atoms with E-state index in [1.54, 1.807) is 20.0 Å². The van der Waals surface area contributed by atoms with Crippen LogP contribution in [0.3, 0.4) is 0 Å². The molecule has 61 heavy (non-hydrogen) atoms. The Balaban J connectivity index is 0.00000237. The van der Waals surface area contributed by atoms with Crippen LogP contribution in [0.25, 0.3) is 11.3 Å². The second-order valence-corrected chi connectivity index (χ2v) is 16.0. The number of imide groups is 1. The molecule has 6 N–H and O–H groups in total. The highest BCUT2D eigenvalue weighted by atomic mass is 19.1. The van der Waals surface area contributed by atoms with Crippen molar-refractivity contribution in [3.63, 3.8) is 0 Å². The summed E-state index contributed by atoms with van der Waals surface area (Å²) in [4.78, 5) is 83.6. The number of halogens is 2. The maximum atomic E-state index is 14.9. The van der Waals surface area contributed by atoms with E-state index in [9.17, 15) is 37.5 Å². The zero-order valence-electron chi connectivity index (χ0n) is 35.6. The third-order valence-electron chi connectivity index (χ3n) is 9.43. The fourth-order valence-corrected chi connectivity index (χ4v) is 6.22. The molecule has 18 heteroatoms. The molecule has 1 aromatic heterocycles. The summed E-state index contributed by atoms with van der Waals surface area (Å²) in [5.41, 5.74) is 1.03. The molecule has 0 unspecified atom stereocenters. The van der Waals surface area contributed by atoms with Crippen molar-refractivity contribution >= 4 is 35.5 Å². The molecule has 1 fully saturated rings. The first-order valence-electron chi connectivity index (χ1n) is 20.3. The number of amides is 5. The summed E-state index contributed by atoms with van der Waals surface area (Å²) in [6, 6.07) is 10.8. The smallest absolute Gasteiger partial charge is 0.333 e. The van der Waals surface area contributed by atoms with Crippen molar-refractivity contribution in [3.05, 3.63) is 77.8 Å². The quantitative estimate of drug-likeness (QED) is 0.0714. The summed E-state index contributed by atoms with van der Waals surface area (Å²) in [6.45, 7) is 12.1. The highest BCUT2D eigenvalue weighted by Crippen LogP contribution is 2.35. The van der Waals surface area contributed by atoms with Gasteiger partial charge in [-0.15, -0.1) is 5.06 Å². The molecule has 1 aliphatic rings. The predicted octanol–water partition coefficient (Wildman–Crippen LogP) is 3.45. The predicted molar refractivity (Wildman–Crippen MR) is 221 cm³/mol. The molecule has 0 radical (unpaired) electrons. The van der Waals surface area contributed by atoms with Gasteiger partial charge in [0.05, 0.1) is 24.9 Å². The summed E-state index contributed by atoms with van der Waals surface area (Å²) < 4.78 is 31.0. The van der Waals surface area contributed by atoms with Gasteiger partial charge in [-0.05, 0) is 61.4 Å². The Morgan fingerprint density at radius 3 is 2.13 bits per heavy atom. The second kappa shape index (κ2) is 24.0. The molecular formula is C43H59F2N7O9. The van der Waals surface area contributed by atoms with Crippen molar-refractivity contribution in [2.24, 2.45) is 11.3 Å². The fourth-order valence-electron chi connectivity index (χ4n) is 6.22. The number of aliphatic hydroxyl groups is 2. The van der Waals surface area contributed by atoms with Crippen LogP contribution in [0.4, 0.5) is 8.78 Å². The van der Waals surface area contributed by atoms with E-state index in [0.29, 0.717) is 36.1 Å². The fraction of sp³-hybridized carbons (Fsp3) is 0.512. The van der Waals surface area contributed by atoms with Crippen LogP contribution in [-0.2, 0) is 40.1 Å². The molecule has 0 aliphatic carbocycles. The third-order valence-corrected chi connectivity index (χ3v) is 9.43. The van der Waals surface area contributed by atoms with E-state index in [0.717, 1.165) is 23.8 Å². The summed E-state index contributed by atoms with van der Waals surface area (Å²) in [5.74, 6) is -4.31. The summed E-state index contributed by atoms with van der Waals surface area (Å²) in [5, 5.41) is 27.4. The van der Waals surface area contributed by atoms with E-state index in [1.165, 1.54) is 6.92 Å². The van der Waals surface area contributed by atoms with Crippen LogP contribution < -0.4 is 21.3 Å². The molecule has 334 valence electrons. The van der Waals surface area contributed by atoms with E-state index in [-0.39, 0.29) is 74.8 Å². The molecule has 2 heterocycles. The number of rotatable bonds is 20. The summed E-state index contributed by atoms with van der Waals surface area (Å²) in [6.07, 6.45) is 1.93. The Hall–Kier alpha value is -5.59. The van der Waals surface area contributed by atoms with Gasteiger partial charge < -0.3 is 40.9 Å². The lowest BCUT2D eigenvalue weighted by molar-refractivity contribution is -0.197. The lowest BCUT2D eigenvalue weighted by Gasteiger charge is -2.32. The first-order valence-corrected chi connectivity index (χ1v) is 20.3. The highest BCUT2D eigenvalue weighted by molar-refractivity contribution is 6.01. The number of aliphatic hydroxyl groups excluding tert-OH is 2. The van der Waals surface area contributed by atoms with Gasteiger partial charge in [-0.3, -0.25) is 24.0 Å². The number of hydrogen-bond acceptors (Lipinski definition) is 11. The molecule has 16 nitrogen and oxygen atoms in total. The van der Waals surface area contributed by atoms with Crippen LogP contribution >= 0.6 is 0 Å². The van der Waals surface area contributed by atoms with Gasteiger partial charge in [-0.25, -0.2) is 18.6 Å². The molecule has 2 aromatic carbocycles. The third kappa shape index (κ3) is 15.8. The highest BCUT2D eigenvalue weighted by Gasteiger charge is 2.34. The first-order chi connectivity index (χ1) is 28.9. The Labute approximate surface area is 354 Å². The van der Waals surface area contributed by atoms with E-state index in [2.05, 4.69) is 21.3 Å². The molecule has 3 aromatic rings. The molecule has 1 saturated heterocycles. The molecular weight excluding hydrogens is 797 g/mol. The number of benzene rings is 2. The van der Waals surface area contributed by atoms with Gasteiger partial charge in [-0.2, -0.15) is 0 Å². The van der Waals surface area contributed by atoms with Gasteiger partial charge in [0.25, 0.3) is 11.8 Å². The van der Waals surface area contributed by atoms with Crippen molar-refractivity contribution in [2.75, 3.05) is 26.3 Å². The van der Waals surface area contributed by atoms with Crippen LogP contribution in [0.5, 0.6) is 0 Å². The van der Waals surface area contributed by atoms with Crippen molar-refractivity contribution in [1.29, 1.82) is 0 Å². The second-order valence-electron chi connectivity index (χ2n) is 16.0. The van der Waals surface area contributed by atoms with Gasteiger partial charge in [0.15, 0.2) is 0 Å². The SMILES string of the molecule is CC(C)[C@H](NC(=O)CCCC(=O)ON1C(=O)CCC1=O)C(=O)N[C@@H](C)C(=O)NCCCN[C@@H](c1nc(-c2cc(F)ccc2F)cn1Cc1ccccc1)C(C)(C)C.OCCO. The standard InChI is InChI=1S/C41H53F2N7O7.C2H6O2/c1-25(2)36(48-32(51)14-10-15-35(54)57-50-33(52)18-19-34(50)53)40(56)46-26(3)39(55)45-21-11-20-44-37(41(4,5)6)38-47-31(29-22-28(42)16-17-30(29)43)24-49(38)23-27-12-8-7-9-13-27;3-1-2-4/h7-9,12-13,16-17,22,24-26,36-37,44H,10-11,14-15,18-21,23H2,1-6H3,(H,45,55)(H,46,56)(H,48,51);3-4H,1-2H2/t26-,36-,37-;/m0./s1. The molecule has 1 aliphatic heterocycles. The van der Waals surface area contributed by atoms with Gasteiger partial charge in [0, 0.05) is 50.5 Å². The van der Waals surface area contributed by atoms with Gasteiger partial charge in [-0.1, -0.05) is 65.0 Å². The van der Waals surface area contributed by atoms with E-state index in [1.807, 2.05) is 55.7 Å². The number of carbonyl (C=O) groups excluding carboxylic acids is 6. The minimum Gasteiger partial charge on any atom is -0.394 e. The molecule has 0 bridgehead atoms. The molecule has 0 spiro atoms. The number of hydrogen-bond donors (Lipinski definition) is 6. The van der Waals surface area contributed by atoms with Crippen LogP contribution in [0.1, 0.15) is 97.5 Å². The Morgan fingerprint density at radius 2 is 1.52 bits per heavy atom. The van der Waals surface area contributed by atoms with Crippen LogP contribution in [-0.4, -0.2) is 98.7 Å². The van der Waals surface area contributed by atoms with Crippen molar-refractivity contribution < 1.29 is 52.6 Å². The minimum atomic E-state index is -0.953. The number of nitrogens with zero attached hydrogens (tertiary/aromatic N) is 3. The monoisotopic (exact) mass is 855 g/mol. The number of aromatic nitrogens is 2. The van der Waals surface area contributed by atoms with E-state index < -0.39 is 59.2 Å². The number of nitrogens with one attached hydrogen (secondary N) is 4. The summed E-state index contributed by atoms with van der Waals surface area (Å²) >= 11 is 0. The molecule has 0 saturated carbocycles. The van der Waals surface area contributed by atoms with Crippen molar-refractivity contribution in [1.82, 2.24) is 35.9 Å². The van der Waals surface area contributed by atoms with Crippen LogP contribution in [0.2, 0.25) is 0 Å².